The molecule has 72 heavy (non-hydrogen) atoms. The smallest absolute Gasteiger partial charge is 0.137 e. The Labute approximate surface area is 434 Å². The third kappa shape index (κ3) is 17.0. The number of Topliss-reactive ketones (excluding diaryl/α,β-unsaturated/α-hetero) is 2. The van der Waals surface area contributed by atoms with Crippen LogP contribution in [0.4, 0.5) is 0 Å². The van der Waals surface area contributed by atoms with E-state index in [9.17, 15) is 14.7 Å². The minimum atomic E-state index is -0.634. The molecule has 1 N–H and O–H groups in total. The molecular formula is C62H63Cl2NO7. The van der Waals surface area contributed by atoms with Gasteiger partial charge in [-0.05, 0) is 144 Å². The van der Waals surface area contributed by atoms with Crippen LogP contribution in [0.2, 0.25) is 10.0 Å². The van der Waals surface area contributed by atoms with Crippen molar-refractivity contribution in [1.29, 1.82) is 0 Å². The van der Waals surface area contributed by atoms with Gasteiger partial charge in [-0.2, -0.15) is 0 Å². The van der Waals surface area contributed by atoms with E-state index in [4.69, 9.17) is 42.1 Å². The van der Waals surface area contributed by atoms with E-state index in [1.807, 2.05) is 109 Å². The van der Waals surface area contributed by atoms with Crippen molar-refractivity contribution in [3.63, 3.8) is 0 Å². The number of rotatable bonds is 25. The van der Waals surface area contributed by atoms with Crippen LogP contribution in [0.25, 0.3) is 10.9 Å². The highest BCUT2D eigenvalue weighted by atomic mass is 35.5. The number of nitrogens with zero attached hydrogens (tertiary/aromatic N) is 1. The van der Waals surface area contributed by atoms with Crippen LogP contribution >= 0.6 is 23.2 Å². The summed E-state index contributed by atoms with van der Waals surface area (Å²) in [4.78, 5) is 25.3. The molecule has 1 heterocycles. The molecule has 0 aliphatic carbocycles. The second-order valence-corrected chi connectivity index (χ2v) is 18.8. The van der Waals surface area contributed by atoms with Crippen LogP contribution in [0.5, 0.6) is 23.0 Å². The quantitative estimate of drug-likeness (QED) is 0.0609. The maximum Gasteiger partial charge on any atom is 0.137 e. The van der Waals surface area contributed by atoms with Crippen molar-refractivity contribution in [3.05, 3.63) is 226 Å². The zero-order valence-electron chi connectivity index (χ0n) is 41.1. The minimum absolute atomic E-state index is 0.0647. The third-order valence-corrected chi connectivity index (χ3v) is 13.1. The minimum Gasteiger partial charge on any atom is -0.495 e. The van der Waals surface area contributed by atoms with Crippen LogP contribution in [0.1, 0.15) is 71.9 Å². The summed E-state index contributed by atoms with van der Waals surface area (Å²) in [6, 6.07) is 58.1. The van der Waals surface area contributed by atoms with E-state index < -0.39 is 6.10 Å². The number of hydrogen-bond acceptors (Lipinski definition) is 7. The van der Waals surface area contributed by atoms with Gasteiger partial charge in [-0.15, -0.1) is 0 Å². The van der Waals surface area contributed by atoms with Crippen molar-refractivity contribution in [1.82, 2.24) is 4.57 Å². The molecule has 2 atom stereocenters. The lowest BCUT2D eigenvalue weighted by molar-refractivity contribution is -0.122. The first-order chi connectivity index (χ1) is 35.1. The topological polar surface area (TPSA) is 96.2 Å². The summed E-state index contributed by atoms with van der Waals surface area (Å²) in [6.07, 6.45) is 6.84. The summed E-state index contributed by atoms with van der Waals surface area (Å²) >= 11 is 12.2. The molecule has 0 radical (unpaired) electrons. The molecule has 0 aliphatic rings. The van der Waals surface area contributed by atoms with Gasteiger partial charge in [0, 0.05) is 43.9 Å². The molecule has 8 rings (SSSR count). The number of aliphatic hydroxyl groups excluding tert-OH is 1. The number of ketones is 2. The van der Waals surface area contributed by atoms with Gasteiger partial charge in [0.05, 0.1) is 43.1 Å². The van der Waals surface area contributed by atoms with Gasteiger partial charge in [0.1, 0.15) is 34.6 Å². The number of carbonyl (C=O) groups is 2. The second kappa shape index (κ2) is 27.8. The molecule has 8 aromatic rings. The van der Waals surface area contributed by atoms with Crippen LogP contribution in [0.3, 0.4) is 0 Å². The number of carbonyl (C=O) groups excluding carboxylic acids is 2. The van der Waals surface area contributed by atoms with Gasteiger partial charge in [0.15, 0.2) is 0 Å². The summed E-state index contributed by atoms with van der Waals surface area (Å²) in [5.74, 6) is 3.09. The van der Waals surface area contributed by atoms with Crippen molar-refractivity contribution >= 4 is 45.7 Å². The predicted molar refractivity (Wildman–Crippen MR) is 290 cm³/mol. The highest BCUT2D eigenvalue weighted by molar-refractivity contribution is 6.32. The lowest BCUT2D eigenvalue weighted by atomic mass is 9.99. The predicted octanol–water partition coefficient (Wildman–Crippen LogP) is 14.5. The number of halogens is 2. The first-order valence-electron chi connectivity index (χ1n) is 24.6. The number of aromatic nitrogens is 1. The summed E-state index contributed by atoms with van der Waals surface area (Å²) < 4.78 is 24.9. The number of ether oxygens (including phenoxy) is 4. The Morgan fingerprint density at radius 1 is 0.528 bits per heavy atom. The zero-order chi connectivity index (χ0) is 50.5. The van der Waals surface area contributed by atoms with E-state index in [0.29, 0.717) is 66.7 Å². The van der Waals surface area contributed by atoms with Crippen molar-refractivity contribution in [3.8, 4) is 23.0 Å². The monoisotopic (exact) mass is 1000 g/mol. The van der Waals surface area contributed by atoms with Crippen molar-refractivity contribution in [2.45, 2.75) is 89.6 Å². The molecule has 0 saturated carbocycles. The fourth-order valence-electron chi connectivity index (χ4n) is 8.48. The number of benzene rings is 7. The van der Waals surface area contributed by atoms with Gasteiger partial charge in [0.2, 0.25) is 0 Å². The van der Waals surface area contributed by atoms with E-state index >= 15 is 0 Å². The molecule has 10 heteroatoms. The molecule has 0 spiro atoms. The van der Waals surface area contributed by atoms with Gasteiger partial charge in [0.25, 0.3) is 0 Å². The standard InChI is InChI=1S/C33H33ClO4.C29H30ClNO3/c1-36-33-22-26(16-21-32(33)34)12-17-28(35)23-31(37-24-27-8-4-2-5-9-27)20-15-25-13-18-30(19-14-25)38-29-10-6-3-7-11-29;1-34-29-18-22(9-13-27(29)30)8-12-26(33)19-25(32)11-7-21-10-14-28-24(17-21)15-16-31(28)20-23-5-3-2-4-6-23/h2-11,13-14,16,18-19,21-22,31H,12,15,17,20,23-24H2,1H3;2-6,9-10,13-18,25,32H,7-8,11-12,19-20H2,1H3. The second-order valence-electron chi connectivity index (χ2n) is 18.0. The summed E-state index contributed by atoms with van der Waals surface area (Å²) in [5, 5.41) is 12.7. The first-order valence-corrected chi connectivity index (χ1v) is 25.3. The van der Waals surface area contributed by atoms with Crippen LogP contribution in [0, 0.1) is 0 Å². The largest absolute Gasteiger partial charge is 0.495 e. The number of aryl methyl sites for hydroxylation is 4. The van der Waals surface area contributed by atoms with Crippen molar-refractivity contribution < 1.29 is 33.6 Å². The van der Waals surface area contributed by atoms with Crippen LogP contribution < -0.4 is 14.2 Å². The van der Waals surface area contributed by atoms with E-state index in [1.165, 1.54) is 27.6 Å². The number of fused-ring (bicyclic) bond motifs is 1. The number of hydrogen-bond donors (Lipinski definition) is 1. The Morgan fingerprint density at radius 3 is 1.65 bits per heavy atom. The first kappa shape index (κ1) is 53.1. The number of methoxy groups -OCH3 is 2. The average Bonchev–Trinajstić information content (AvgIpc) is 3.81. The molecule has 0 fully saturated rings. The maximum absolute atomic E-state index is 12.9. The lowest BCUT2D eigenvalue weighted by Gasteiger charge is -2.18. The fourth-order valence-corrected chi connectivity index (χ4v) is 8.86. The van der Waals surface area contributed by atoms with E-state index in [-0.39, 0.29) is 24.1 Å². The summed E-state index contributed by atoms with van der Waals surface area (Å²) in [6.45, 7) is 1.32. The highest BCUT2D eigenvalue weighted by Crippen LogP contribution is 2.28. The van der Waals surface area contributed by atoms with E-state index in [1.54, 1.807) is 20.3 Å². The molecule has 0 saturated heterocycles. The maximum atomic E-state index is 12.9. The number of para-hydroxylation sites is 1. The van der Waals surface area contributed by atoms with Crippen molar-refractivity contribution in [2.75, 3.05) is 14.2 Å². The van der Waals surface area contributed by atoms with Gasteiger partial charge in [-0.3, -0.25) is 9.59 Å². The zero-order valence-corrected chi connectivity index (χ0v) is 42.6. The highest BCUT2D eigenvalue weighted by Gasteiger charge is 2.17. The Balaban J connectivity index is 0.000000213. The molecule has 0 aliphatic heterocycles. The van der Waals surface area contributed by atoms with Crippen LogP contribution in [-0.4, -0.2) is 47.7 Å². The van der Waals surface area contributed by atoms with Gasteiger partial charge >= 0.3 is 0 Å². The Hall–Kier alpha value is -6.68. The Bertz CT molecular complexity index is 2920. The molecule has 2 unspecified atom stereocenters. The van der Waals surface area contributed by atoms with Crippen LogP contribution in [0.15, 0.2) is 182 Å². The van der Waals surface area contributed by atoms with Gasteiger partial charge in [-0.1, -0.05) is 132 Å². The van der Waals surface area contributed by atoms with E-state index in [0.717, 1.165) is 54.0 Å². The number of aliphatic hydroxyl groups is 1. The molecule has 0 amide bonds. The average molecular weight is 1010 g/mol. The molecule has 8 nitrogen and oxygen atoms in total. The fraction of sp³-hybridized carbons (Fsp3) is 0.258. The van der Waals surface area contributed by atoms with Crippen molar-refractivity contribution in [2.24, 2.45) is 0 Å². The Kier molecular flexibility index (Phi) is 20.5. The molecule has 1 aromatic heterocycles. The molecule has 7 aromatic carbocycles. The summed E-state index contributed by atoms with van der Waals surface area (Å²) in [5.41, 5.74) is 7.94. The summed E-state index contributed by atoms with van der Waals surface area (Å²) in [7, 11) is 3.17. The normalized spacial score (nSPS) is 11.8. The van der Waals surface area contributed by atoms with Gasteiger partial charge < -0.3 is 28.6 Å². The third-order valence-electron chi connectivity index (χ3n) is 12.5. The SMILES string of the molecule is COc1cc(CCC(=O)CC(CCc2ccc(Oc3ccccc3)cc2)OCc2ccccc2)ccc1Cl.COc1cc(CCC(=O)CC(O)CCc2ccc3c(ccn3Cc3ccccc3)c2)ccc1Cl. The van der Waals surface area contributed by atoms with E-state index in [2.05, 4.69) is 71.4 Å². The Morgan fingerprint density at radius 2 is 1.04 bits per heavy atom. The lowest BCUT2D eigenvalue weighted by Crippen LogP contribution is -2.19. The van der Waals surface area contributed by atoms with Crippen LogP contribution in [-0.2, 0) is 53.2 Å². The molecule has 372 valence electrons. The molecule has 0 bridgehead atoms. The molecular weight excluding hydrogens is 942 g/mol. The van der Waals surface area contributed by atoms with Gasteiger partial charge in [-0.25, -0.2) is 0 Å².